The van der Waals surface area contributed by atoms with Gasteiger partial charge in [-0.15, -0.1) is 0 Å². The zero-order chi connectivity index (χ0) is 14.4. The minimum absolute atomic E-state index is 0.185. The average molecular weight is 269 g/mol. The Morgan fingerprint density at radius 2 is 2.00 bits per heavy atom. The number of aliphatic carboxylic acids is 1. The minimum Gasteiger partial charge on any atom is -0.493 e. The van der Waals surface area contributed by atoms with E-state index in [4.69, 9.17) is 25.1 Å². The van der Waals surface area contributed by atoms with Crippen LogP contribution in [-0.2, 0) is 16.1 Å². The van der Waals surface area contributed by atoms with E-state index in [0.717, 1.165) is 5.56 Å². The van der Waals surface area contributed by atoms with Crippen LogP contribution in [0.3, 0.4) is 0 Å². The highest BCUT2D eigenvalue weighted by molar-refractivity contribution is 5.68. The second-order valence-electron chi connectivity index (χ2n) is 4.06. The molecule has 0 aliphatic rings. The van der Waals surface area contributed by atoms with Crippen LogP contribution in [0.2, 0.25) is 0 Å². The Morgan fingerprint density at radius 1 is 1.32 bits per heavy atom. The third kappa shape index (κ3) is 3.84. The molecule has 1 atom stereocenters. The second kappa shape index (κ2) is 6.96. The molecule has 6 heteroatoms. The average Bonchev–Trinajstić information content (AvgIpc) is 2.37. The molecule has 0 radical (unpaired) electrons. The molecular weight excluding hydrogens is 250 g/mol. The summed E-state index contributed by atoms with van der Waals surface area (Å²) in [5.74, 6) is -0.00495. The summed E-state index contributed by atoms with van der Waals surface area (Å²) in [6.45, 7) is 0.382. The van der Waals surface area contributed by atoms with Gasteiger partial charge >= 0.3 is 5.97 Å². The summed E-state index contributed by atoms with van der Waals surface area (Å²) in [7, 11) is 4.58. The van der Waals surface area contributed by atoms with Gasteiger partial charge in [-0.05, 0) is 17.7 Å². The third-order valence-electron chi connectivity index (χ3n) is 2.67. The van der Waals surface area contributed by atoms with Crippen LogP contribution in [0.15, 0.2) is 12.1 Å². The Kier molecular flexibility index (Phi) is 5.59. The summed E-state index contributed by atoms with van der Waals surface area (Å²) < 4.78 is 15.6. The maximum Gasteiger partial charge on any atom is 0.305 e. The lowest BCUT2D eigenvalue weighted by Crippen LogP contribution is -2.16. The van der Waals surface area contributed by atoms with Crippen LogP contribution in [0.5, 0.6) is 11.5 Å². The van der Waals surface area contributed by atoms with Crippen molar-refractivity contribution in [2.75, 3.05) is 21.3 Å². The Bertz CT molecular complexity index is 447. The summed E-state index contributed by atoms with van der Waals surface area (Å²) in [6.07, 6.45) is -0.185. The number of hydrogen-bond acceptors (Lipinski definition) is 5. The van der Waals surface area contributed by atoms with Gasteiger partial charge in [-0.2, -0.15) is 0 Å². The van der Waals surface area contributed by atoms with Crippen molar-refractivity contribution in [1.29, 1.82) is 0 Å². The van der Waals surface area contributed by atoms with E-state index in [0.29, 0.717) is 23.7 Å². The Morgan fingerprint density at radius 3 is 2.47 bits per heavy atom. The Hall–Kier alpha value is -1.79. The van der Waals surface area contributed by atoms with Crippen LogP contribution in [0.4, 0.5) is 0 Å². The number of hydrogen-bond donors (Lipinski definition) is 2. The lowest BCUT2D eigenvalue weighted by atomic mass is 10.00. The van der Waals surface area contributed by atoms with Crippen molar-refractivity contribution in [1.82, 2.24) is 0 Å². The van der Waals surface area contributed by atoms with Crippen molar-refractivity contribution in [2.45, 2.75) is 19.1 Å². The first-order valence-corrected chi connectivity index (χ1v) is 5.74. The molecule has 0 amide bonds. The molecule has 0 heterocycles. The summed E-state index contributed by atoms with van der Waals surface area (Å²) >= 11 is 0. The number of carboxylic acids is 1. The molecule has 0 aliphatic carbocycles. The fourth-order valence-electron chi connectivity index (χ4n) is 1.88. The number of carbonyl (C=O) groups is 1. The van der Waals surface area contributed by atoms with E-state index in [1.165, 1.54) is 14.2 Å². The molecule has 6 nitrogen and oxygen atoms in total. The molecule has 0 aliphatic heterocycles. The van der Waals surface area contributed by atoms with Crippen molar-refractivity contribution >= 4 is 5.97 Å². The zero-order valence-corrected chi connectivity index (χ0v) is 11.3. The molecular formula is C13H19NO5. The first kappa shape index (κ1) is 15.3. The molecule has 19 heavy (non-hydrogen) atoms. The van der Waals surface area contributed by atoms with Crippen molar-refractivity contribution in [3.63, 3.8) is 0 Å². The van der Waals surface area contributed by atoms with E-state index in [9.17, 15) is 4.79 Å². The van der Waals surface area contributed by atoms with E-state index in [-0.39, 0.29) is 6.42 Å². The van der Waals surface area contributed by atoms with Gasteiger partial charge in [0, 0.05) is 18.7 Å². The number of benzene rings is 1. The molecule has 1 aromatic carbocycles. The van der Waals surface area contributed by atoms with Gasteiger partial charge in [-0.25, -0.2) is 0 Å². The first-order chi connectivity index (χ1) is 9.03. The van der Waals surface area contributed by atoms with E-state index >= 15 is 0 Å². The minimum atomic E-state index is -0.967. The van der Waals surface area contributed by atoms with Crippen molar-refractivity contribution in [2.24, 2.45) is 5.73 Å². The highest BCUT2D eigenvalue weighted by Gasteiger charge is 2.20. The monoisotopic (exact) mass is 269 g/mol. The standard InChI is InChI=1S/C13H19NO5/c1-17-7-8-4-9(10(14)6-12(15)16)13(19-3)11(5-8)18-2/h4-5,10H,6-7,14H2,1-3H3,(H,15,16). The number of ether oxygens (including phenoxy) is 3. The van der Waals surface area contributed by atoms with Gasteiger partial charge < -0.3 is 25.1 Å². The fourth-order valence-corrected chi connectivity index (χ4v) is 1.88. The van der Waals surface area contributed by atoms with Gasteiger partial charge in [0.25, 0.3) is 0 Å². The molecule has 0 fully saturated rings. The topological polar surface area (TPSA) is 91.0 Å². The second-order valence-corrected chi connectivity index (χ2v) is 4.06. The smallest absolute Gasteiger partial charge is 0.305 e. The normalized spacial score (nSPS) is 12.0. The summed E-state index contributed by atoms with van der Waals surface area (Å²) in [5.41, 5.74) is 7.34. The van der Waals surface area contributed by atoms with Gasteiger partial charge in [0.1, 0.15) is 0 Å². The lowest BCUT2D eigenvalue weighted by molar-refractivity contribution is -0.137. The van der Waals surface area contributed by atoms with Crippen LogP contribution >= 0.6 is 0 Å². The van der Waals surface area contributed by atoms with E-state index < -0.39 is 12.0 Å². The van der Waals surface area contributed by atoms with Gasteiger partial charge in [-0.1, -0.05) is 0 Å². The molecule has 0 saturated heterocycles. The molecule has 0 bridgehead atoms. The lowest BCUT2D eigenvalue weighted by Gasteiger charge is -2.18. The highest BCUT2D eigenvalue weighted by Crippen LogP contribution is 2.36. The number of carboxylic acid groups (broad SMARTS) is 1. The zero-order valence-electron chi connectivity index (χ0n) is 11.3. The van der Waals surface area contributed by atoms with Gasteiger partial charge in [0.15, 0.2) is 11.5 Å². The van der Waals surface area contributed by atoms with E-state index in [2.05, 4.69) is 0 Å². The molecule has 0 saturated carbocycles. The first-order valence-electron chi connectivity index (χ1n) is 5.74. The number of methoxy groups -OCH3 is 3. The Balaban J connectivity index is 3.24. The van der Waals surface area contributed by atoms with Gasteiger partial charge in [0.05, 0.1) is 27.2 Å². The van der Waals surface area contributed by atoms with Crippen LogP contribution < -0.4 is 15.2 Å². The number of nitrogens with two attached hydrogens (primary N) is 1. The van der Waals surface area contributed by atoms with Gasteiger partial charge in [-0.3, -0.25) is 4.79 Å². The quantitative estimate of drug-likeness (QED) is 0.776. The molecule has 3 N–H and O–H groups in total. The predicted octanol–water partition coefficient (Wildman–Crippen LogP) is 1.32. The van der Waals surface area contributed by atoms with Crippen LogP contribution in [0, 0.1) is 0 Å². The van der Waals surface area contributed by atoms with Crippen molar-refractivity contribution in [3.05, 3.63) is 23.3 Å². The summed E-state index contributed by atoms with van der Waals surface area (Å²) in [4.78, 5) is 10.8. The van der Waals surface area contributed by atoms with Crippen molar-refractivity contribution < 1.29 is 24.1 Å². The van der Waals surface area contributed by atoms with Crippen LogP contribution in [-0.4, -0.2) is 32.4 Å². The fraction of sp³-hybridized carbons (Fsp3) is 0.462. The summed E-state index contributed by atoms with van der Waals surface area (Å²) in [5, 5.41) is 8.83. The Labute approximate surface area is 112 Å². The molecule has 1 rings (SSSR count). The maximum absolute atomic E-state index is 10.8. The molecule has 1 aromatic rings. The predicted molar refractivity (Wildman–Crippen MR) is 69.4 cm³/mol. The molecule has 1 unspecified atom stereocenters. The highest BCUT2D eigenvalue weighted by atomic mass is 16.5. The molecule has 0 spiro atoms. The largest absolute Gasteiger partial charge is 0.493 e. The molecule has 106 valence electrons. The maximum atomic E-state index is 10.8. The van der Waals surface area contributed by atoms with Crippen LogP contribution in [0.1, 0.15) is 23.6 Å². The van der Waals surface area contributed by atoms with Crippen LogP contribution in [0.25, 0.3) is 0 Å². The van der Waals surface area contributed by atoms with E-state index in [1.807, 2.05) is 0 Å². The summed E-state index contributed by atoms with van der Waals surface area (Å²) in [6, 6.07) is 2.88. The third-order valence-corrected chi connectivity index (χ3v) is 2.67. The SMILES string of the molecule is COCc1cc(OC)c(OC)c(C(N)CC(=O)O)c1. The van der Waals surface area contributed by atoms with Gasteiger partial charge in [0.2, 0.25) is 0 Å². The van der Waals surface area contributed by atoms with Crippen molar-refractivity contribution in [3.8, 4) is 11.5 Å². The van der Waals surface area contributed by atoms with E-state index in [1.54, 1.807) is 19.2 Å². The molecule has 0 aromatic heterocycles. The number of rotatable bonds is 7.